The van der Waals surface area contributed by atoms with Crippen molar-refractivity contribution in [3.05, 3.63) is 35.9 Å². The van der Waals surface area contributed by atoms with E-state index < -0.39 is 0 Å². The standard InChI is InChI=1S/C23H36N2O/c1-18-10-8-11-19(2)25(18)17-9-16-24-23(26)22(21-14-6-7-15-21)20-12-4-3-5-13-20/h3-5,12-13,18-19,21-22H,6-11,14-17H2,1-2H3,(H,24,26). The maximum Gasteiger partial charge on any atom is 0.227 e. The van der Waals surface area contributed by atoms with E-state index >= 15 is 0 Å². The molecule has 1 N–H and O–H groups in total. The van der Waals surface area contributed by atoms with Crippen molar-refractivity contribution in [1.29, 1.82) is 0 Å². The molecule has 1 saturated heterocycles. The Hall–Kier alpha value is -1.35. The molecule has 1 aromatic carbocycles. The molecule has 26 heavy (non-hydrogen) atoms. The molecule has 0 radical (unpaired) electrons. The fourth-order valence-corrected chi connectivity index (χ4v) is 5.09. The van der Waals surface area contributed by atoms with Gasteiger partial charge in [0.25, 0.3) is 0 Å². The lowest BCUT2D eigenvalue weighted by Gasteiger charge is -2.39. The molecule has 1 aliphatic carbocycles. The summed E-state index contributed by atoms with van der Waals surface area (Å²) in [6, 6.07) is 11.8. The van der Waals surface area contributed by atoms with Gasteiger partial charge in [0.1, 0.15) is 0 Å². The number of piperidine rings is 1. The lowest BCUT2D eigenvalue weighted by Crippen LogP contribution is -2.45. The Balaban J connectivity index is 1.51. The second-order valence-corrected chi connectivity index (χ2v) is 8.44. The second kappa shape index (κ2) is 9.55. The first-order valence-corrected chi connectivity index (χ1v) is 10.7. The summed E-state index contributed by atoms with van der Waals surface area (Å²) in [5.74, 6) is 0.786. The van der Waals surface area contributed by atoms with Gasteiger partial charge in [-0.2, -0.15) is 0 Å². The fourth-order valence-electron chi connectivity index (χ4n) is 5.09. The minimum Gasteiger partial charge on any atom is -0.356 e. The number of likely N-dealkylation sites (tertiary alicyclic amines) is 1. The molecule has 0 bridgehead atoms. The van der Waals surface area contributed by atoms with Crippen molar-refractivity contribution in [2.24, 2.45) is 5.92 Å². The number of carbonyl (C=O) groups is 1. The monoisotopic (exact) mass is 356 g/mol. The Labute approximate surface area is 159 Å². The van der Waals surface area contributed by atoms with Crippen molar-refractivity contribution in [1.82, 2.24) is 10.2 Å². The normalized spacial score (nSPS) is 25.9. The zero-order valence-corrected chi connectivity index (χ0v) is 16.6. The molecule has 1 aliphatic heterocycles. The highest BCUT2D eigenvalue weighted by atomic mass is 16.1. The van der Waals surface area contributed by atoms with E-state index in [0.717, 1.165) is 19.5 Å². The lowest BCUT2D eigenvalue weighted by atomic mass is 9.84. The van der Waals surface area contributed by atoms with Crippen LogP contribution in [0.1, 0.15) is 76.7 Å². The van der Waals surface area contributed by atoms with Crippen LogP contribution in [0.5, 0.6) is 0 Å². The van der Waals surface area contributed by atoms with Crippen molar-refractivity contribution < 1.29 is 4.79 Å². The Morgan fingerprint density at radius 2 is 1.69 bits per heavy atom. The molecule has 1 heterocycles. The van der Waals surface area contributed by atoms with E-state index in [1.807, 2.05) is 6.07 Å². The predicted octanol–water partition coefficient (Wildman–Crippen LogP) is 4.73. The SMILES string of the molecule is CC1CCCC(C)N1CCCNC(=O)C(c1ccccc1)C1CCCC1. The quantitative estimate of drug-likeness (QED) is 0.716. The molecule has 0 spiro atoms. The molecule has 144 valence electrons. The zero-order valence-electron chi connectivity index (χ0n) is 16.6. The molecule has 3 rings (SSSR count). The van der Waals surface area contributed by atoms with Crippen LogP contribution in [0.15, 0.2) is 30.3 Å². The topological polar surface area (TPSA) is 32.3 Å². The number of nitrogens with zero attached hydrogens (tertiary/aromatic N) is 1. The van der Waals surface area contributed by atoms with Crippen LogP contribution in [-0.4, -0.2) is 36.0 Å². The molecule has 3 atom stereocenters. The number of amides is 1. The van der Waals surface area contributed by atoms with Crippen LogP contribution in [0.2, 0.25) is 0 Å². The maximum absolute atomic E-state index is 13.0. The number of rotatable bonds is 7. The van der Waals surface area contributed by atoms with E-state index in [9.17, 15) is 4.79 Å². The summed E-state index contributed by atoms with van der Waals surface area (Å²) in [5.41, 5.74) is 1.19. The van der Waals surface area contributed by atoms with Crippen molar-refractivity contribution in [2.75, 3.05) is 13.1 Å². The van der Waals surface area contributed by atoms with E-state index in [0.29, 0.717) is 18.0 Å². The maximum atomic E-state index is 13.0. The summed E-state index contributed by atoms with van der Waals surface area (Å²) in [6.45, 7) is 6.59. The van der Waals surface area contributed by atoms with Crippen LogP contribution in [0.4, 0.5) is 0 Å². The lowest BCUT2D eigenvalue weighted by molar-refractivity contribution is -0.123. The van der Waals surface area contributed by atoms with Crippen molar-refractivity contribution in [3.63, 3.8) is 0 Å². The third-order valence-electron chi connectivity index (χ3n) is 6.58. The van der Waals surface area contributed by atoms with E-state index in [4.69, 9.17) is 0 Å². The van der Waals surface area contributed by atoms with Gasteiger partial charge in [0.15, 0.2) is 0 Å². The molecule has 0 aromatic heterocycles. The fraction of sp³-hybridized carbons (Fsp3) is 0.696. The summed E-state index contributed by atoms with van der Waals surface area (Å²) < 4.78 is 0. The van der Waals surface area contributed by atoms with Crippen molar-refractivity contribution >= 4 is 5.91 Å². The molecule has 2 fully saturated rings. The number of nitrogens with one attached hydrogen (secondary N) is 1. The minimum atomic E-state index is 0.0338. The average molecular weight is 357 g/mol. The number of benzene rings is 1. The largest absolute Gasteiger partial charge is 0.356 e. The molecule has 1 amide bonds. The van der Waals surface area contributed by atoms with Crippen LogP contribution in [-0.2, 0) is 4.79 Å². The van der Waals surface area contributed by atoms with Crippen LogP contribution in [0.3, 0.4) is 0 Å². The highest BCUT2D eigenvalue weighted by molar-refractivity contribution is 5.84. The summed E-state index contributed by atoms with van der Waals surface area (Å²) in [7, 11) is 0. The van der Waals surface area contributed by atoms with Gasteiger partial charge in [-0.05, 0) is 57.4 Å². The Morgan fingerprint density at radius 3 is 2.35 bits per heavy atom. The molecular weight excluding hydrogens is 320 g/mol. The molecular formula is C23H36N2O. The van der Waals surface area contributed by atoms with Gasteiger partial charge in [-0.15, -0.1) is 0 Å². The Morgan fingerprint density at radius 1 is 1.04 bits per heavy atom. The summed E-state index contributed by atoms with van der Waals surface area (Å²) in [4.78, 5) is 15.6. The van der Waals surface area contributed by atoms with Gasteiger partial charge in [0.05, 0.1) is 5.92 Å². The van der Waals surface area contributed by atoms with Gasteiger partial charge in [-0.3, -0.25) is 9.69 Å². The third kappa shape index (κ3) is 4.88. The highest BCUT2D eigenvalue weighted by Gasteiger charge is 2.31. The smallest absolute Gasteiger partial charge is 0.227 e. The first-order chi connectivity index (χ1) is 12.7. The summed E-state index contributed by atoms with van der Waals surface area (Å²) in [5, 5.41) is 3.26. The Bertz CT molecular complexity index is 543. The number of hydrogen-bond acceptors (Lipinski definition) is 2. The van der Waals surface area contributed by atoms with Gasteiger partial charge in [-0.25, -0.2) is 0 Å². The average Bonchev–Trinajstić information content (AvgIpc) is 3.16. The van der Waals surface area contributed by atoms with Crippen molar-refractivity contribution in [2.45, 2.75) is 83.2 Å². The van der Waals surface area contributed by atoms with E-state index in [2.05, 4.69) is 48.3 Å². The molecule has 3 nitrogen and oxygen atoms in total. The van der Waals surface area contributed by atoms with E-state index in [-0.39, 0.29) is 11.8 Å². The van der Waals surface area contributed by atoms with E-state index in [1.165, 1.54) is 50.5 Å². The van der Waals surface area contributed by atoms with Gasteiger partial charge in [0, 0.05) is 25.2 Å². The molecule has 3 unspecified atom stereocenters. The third-order valence-corrected chi connectivity index (χ3v) is 6.58. The minimum absolute atomic E-state index is 0.0338. The summed E-state index contributed by atoms with van der Waals surface area (Å²) >= 11 is 0. The second-order valence-electron chi connectivity index (χ2n) is 8.44. The predicted molar refractivity (Wildman–Crippen MR) is 108 cm³/mol. The Kier molecular flexibility index (Phi) is 7.13. The summed E-state index contributed by atoms with van der Waals surface area (Å²) in [6.07, 6.45) is 9.95. The zero-order chi connectivity index (χ0) is 18.4. The van der Waals surface area contributed by atoms with E-state index in [1.54, 1.807) is 0 Å². The number of hydrogen-bond donors (Lipinski definition) is 1. The van der Waals surface area contributed by atoms with Crippen molar-refractivity contribution in [3.8, 4) is 0 Å². The molecule has 1 saturated carbocycles. The first kappa shape index (κ1) is 19.4. The van der Waals surface area contributed by atoms with Crippen LogP contribution in [0, 0.1) is 5.92 Å². The van der Waals surface area contributed by atoms with Gasteiger partial charge in [0.2, 0.25) is 5.91 Å². The van der Waals surface area contributed by atoms with Gasteiger partial charge >= 0.3 is 0 Å². The first-order valence-electron chi connectivity index (χ1n) is 10.7. The number of carbonyl (C=O) groups excluding carboxylic acids is 1. The van der Waals surface area contributed by atoms with Crippen LogP contribution >= 0.6 is 0 Å². The van der Waals surface area contributed by atoms with Crippen LogP contribution in [0.25, 0.3) is 0 Å². The highest BCUT2D eigenvalue weighted by Crippen LogP contribution is 2.37. The van der Waals surface area contributed by atoms with Gasteiger partial charge < -0.3 is 5.32 Å². The van der Waals surface area contributed by atoms with Gasteiger partial charge in [-0.1, -0.05) is 49.6 Å². The molecule has 3 heteroatoms. The molecule has 1 aromatic rings. The molecule has 2 aliphatic rings. The van der Waals surface area contributed by atoms with Crippen LogP contribution < -0.4 is 5.32 Å².